The Morgan fingerprint density at radius 2 is 2.41 bits per heavy atom. The van der Waals surface area contributed by atoms with Crippen molar-refractivity contribution >= 4 is 23.2 Å². The topological polar surface area (TPSA) is 70.2 Å². The molecule has 2 N–H and O–H groups in total. The van der Waals surface area contributed by atoms with Crippen molar-refractivity contribution in [2.45, 2.75) is 12.5 Å². The van der Waals surface area contributed by atoms with E-state index >= 15 is 0 Å². The van der Waals surface area contributed by atoms with Crippen molar-refractivity contribution < 1.29 is 9.53 Å². The van der Waals surface area contributed by atoms with Crippen molar-refractivity contribution in [1.29, 1.82) is 0 Å². The minimum absolute atomic E-state index is 0.0890. The average molecular weight is 321 g/mol. The van der Waals surface area contributed by atoms with Crippen LogP contribution in [0.25, 0.3) is 0 Å². The largest absolute Gasteiger partial charge is 0.495 e. The molecule has 6 nitrogen and oxygen atoms in total. The van der Waals surface area contributed by atoms with Crippen LogP contribution in [0.15, 0.2) is 30.6 Å². The number of aromatic amines is 1. The molecule has 0 saturated carbocycles. The Morgan fingerprint density at radius 3 is 3.14 bits per heavy atom. The molecule has 1 aliphatic rings. The van der Waals surface area contributed by atoms with E-state index in [1.807, 2.05) is 12.1 Å². The molecule has 1 amide bonds. The quantitative estimate of drug-likeness (QED) is 0.905. The lowest BCUT2D eigenvalue weighted by Crippen LogP contribution is -2.37. The number of hydrogen-bond donors (Lipinski definition) is 2. The highest BCUT2D eigenvalue weighted by molar-refractivity contribution is 6.30. The first kappa shape index (κ1) is 14.7. The van der Waals surface area contributed by atoms with Crippen LogP contribution in [0.2, 0.25) is 5.02 Å². The zero-order valence-corrected chi connectivity index (χ0v) is 12.9. The monoisotopic (exact) mass is 320 g/mol. The average Bonchev–Trinajstić information content (AvgIpc) is 3.18. The summed E-state index contributed by atoms with van der Waals surface area (Å²) in [5, 5.41) is 10.1. The molecule has 2 aromatic rings. The van der Waals surface area contributed by atoms with E-state index in [2.05, 4.69) is 20.4 Å². The van der Waals surface area contributed by atoms with E-state index in [1.54, 1.807) is 19.4 Å². The molecule has 1 fully saturated rings. The van der Waals surface area contributed by atoms with E-state index in [0.717, 1.165) is 30.9 Å². The summed E-state index contributed by atoms with van der Waals surface area (Å²) in [7, 11) is 1.64. The van der Waals surface area contributed by atoms with Gasteiger partial charge in [-0.3, -0.25) is 9.89 Å². The number of benzene rings is 1. The lowest BCUT2D eigenvalue weighted by molar-refractivity contribution is 0.0940. The van der Waals surface area contributed by atoms with Crippen molar-refractivity contribution in [3.05, 3.63) is 41.2 Å². The van der Waals surface area contributed by atoms with E-state index in [9.17, 15) is 4.79 Å². The van der Waals surface area contributed by atoms with Crippen LogP contribution >= 0.6 is 11.6 Å². The van der Waals surface area contributed by atoms with Gasteiger partial charge in [-0.2, -0.15) is 5.10 Å². The number of hydrogen-bond acceptors (Lipinski definition) is 4. The zero-order chi connectivity index (χ0) is 15.5. The molecule has 1 saturated heterocycles. The molecule has 0 radical (unpaired) electrons. The van der Waals surface area contributed by atoms with Gasteiger partial charge >= 0.3 is 0 Å². The minimum atomic E-state index is -0.112. The summed E-state index contributed by atoms with van der Waals surface area (Å²) in [5.41, 5.74) is 1.49. The molecular weight excluding hydrogens is 304 g/mol. The molecule has 1 unspecified atom stereocenters. The van der Waals surface area contributed by atoms with E-state index in [0.29, 0.717) is 10.6 Å². The van der Waals surface area contributed by atoms with E-state index in [-0.39, 0.29) is 11.9 Å². The normalized spacial score (nSPS) is 17.5. The molecule has 22 heavy (non-hydrogen) atoms. The van der Waals surface area contributed by atoms with Crippen LogP contribution in [0.1, 0.15) is 16.8 Å². The van der Waals surface area contributed by atoms with E-state index < -0.39 is 0 Å². The molecular formula is C15H17ClN4O2. The third-order valence-electron chi connectivity index (χ3n) is 3.77. The highest BCUT2D eigenvalue weighted by Gasteiger charge is 2.26. The maximum absolute atomic E-state index is 12.0. The van der Waals surface area contributed by atoms with Gasteiger partial charge in [0.1, 0.15) is 5.75 Å². The number of anilines is 1. The van der Waals surface area contributed by atoms with E-state index in [4.69, 9.17) is 16.3 Å². The first-order valence-electron chi connectivity index (χ1n) is 7.05. The molecule has 1 aromatic heterocycles. The minimum Gasteiger partial charge on any atom is -0.495 e. The number of amides is 1. The molecule has 0 bridgehead atoms. The number of ether oxygens (including phenoxy) is 1. The SMILES string of the molecule is COc1ccc(Cl)cc1N1CCC(NC(=O)c2cn[nH]c2)C1. The highest BCUT2D eigenvalue weighted by atomic mass is 35.5. The van der Waals surface area contributed by atoms with Crippen LogP contribution in [-0.4, -0.2) is 42.3 Å². The van der Waals surface area contributed by atoms with Crippen LogP contribution in [0, 0.1) is 0 Å². The molecule has 116 valence electrons. The second-order valence-electron chi connectivity index (χ2n) is 5.21. The molecule has 1 aliphatic heterocycles. The lowest BCUT2D eigenvalue weighted by atomic mass is 10.2. The number of carbonyl (C=O) groups excluding carboxylic acids is 1. The Labute approximate surface area is 133 Å². The molecule has 3 rings (SSSR count). The summed E-state index contributed by atoms with van der Waals surface area (Å²) in [4.78, 5) is 14.2. The lowest BCUT2D eigenvalue weighted by Gasteiger charge is -2.21. The van der Waals surface area contributed by atoms with Gasteiger partial charge in [0, 0.05) is 30.4 Å². The van der Waals surface area contributed by atoms with Gasteiger partial charge in [-0.05, 0) is 24.6 Å². The number of methoxy groups -OCH3 is 1. The summed E-state index contributed by atoms with van der Waals surface area (Å²) >= 11 is 6.08. The van der Waals surface area contributed by atoms with Crippen LogP contribution < -0.4 is 15.0 Å². The fraction of sp³-hybridized carbons (Fsp3) is 0.333. The van der Waals surface area contributed by atoms with Crippen molar-refractivity contribution in [3.63, 3.8) is 0 Å². The summed E-state index contributed by atoms with van der Waals surface area (Å²) in [6.45, 7) is 1.56. The summed E-state index contributed by atoms with van der Waals surface area (Å²) in [5.74, 6) is 0.671. The van der Waals surface area contributed by atoms with Gasteiger partial charge in [0.25, 0.3) is 5.91 Å². The van der Waals surface area contributed by atoms with Gasteiger partial charge in [0.2, 0.25) is 0 Å². The van der Waals surface area contributed by atoms with E-state index in [1.165, 1.54) is 6.20 Å². The number of H-pyrrole nitrogens is 1. The zero-order valence-electron chi connectivity index (χ0n) is 12.2. The number of nitrogens with one attached hydrogen (secondary N) is 2. The van der Waals surface area contributed by atoms with Gasteiger partial charge < -0.3 is 15.0 Å². The van der Waals surface area contributed by atoms with Gasteiger partial charge in [0.05, 0.1) is 24.6 Å². The first-order chi connectivity index (χ1) is 10.7. The van der Waals surface area contributed by atoms with Crippen molar-refractivity contribution in [2.75, 3.05) is 25.1 Å². The third-order valence-corrected chi connectivity index (χ3v) is 4.00. The summed E-state index contributed by atoms with van der Waals surface area (Å²) in [6, 6.07) is 5.64. The van der Waals surface area contributed by atoms with Crippen LogP contribution in [0.5, 0.6) is 5.75 Å². The fourth-order valence-corrected chi connectivity index (χ4v) is 2.82. The molecule has 0 spiro atoms. The van der Waals surface area contributed by atoms with Crippen molar-refractivity contribution in [3.8, 4) is 5.75 Å². The summed E-state index contributed by atoms with van der Waals surface area (Å²) < 4.78 is 5.39. The molecule has 2 heterocycles. The third kappa shape index (κ3) is 3.01. The predicted molar refractivity (Wildman–Crippen MR) is 84.7 cm³/mol. The Hall–Kier alpha value is -2.21. The van der Waals surface area contributed by atoms with Gasteiger partial charge in [-0.25, -0.2) is 0 Å². The maximum atomic E-state index is 12.0. The van der Waals surface area contributed by atoms with Crippen LogP contribution in [0.3, 0.4) is 0 Å². The Balaban J connectivity index is 1.67. The predicted octanol–water partition coefficient (Wildman–Crippen LogP) is 2.08. The highest BCUT2D eigenvalue weighted by Crippen LogP contribution is 2.33. The number of aromatic nitrogens is 2. The standard InChI is InChI=1S/C15H17ClN4O2/c1-22-14-3-2-11(16)6-13(14)20-5-4-12(9-20)19-15(21)10-7-17-18-8-10/h2-3,6-8,12H,4-5,9H2,1H3,(H,17,18)(H,19,21). The summed E-state index contributed by atoms with van der Waals surface area (Å²) in [6.07, 6.45) is 3.98. The molecule has 0 aliphatic carbocycles. The molecule has 1 aromatic carbocycles. The Bertz CT molecular complexity index is 660. The second kappa shape index (κ2) is 6.27. The smallest absolute Gasteiger partial charge is 0.254 e. The molecule has 1 atom stereocenters. The van der Waals surface area contributed by atoms with Crippen LogP contribution in [0.4, 0.5) is 5.69 Å². The van der Waals surface area contributed by atoms with Gasteiger partial charge in [-0.1, -0.05) is 11.6 Å². The maximum Gasteiger partial charge on any atom is 0.254 e. The fourth-order valence-electron chi connectivity index (χ4n) is 2.65. The molecule has 7 heteroatoms. The number of rotatable bonds is 4. The first-order valence-corrected chi connectivity index (χ1v) is 7.43. The van der Waals surface area contributed by atoms with Gasteiger partial charge in [-0.15, -0.1) is 0 Å². The number of nitrogens with zero attached hydrogens (tertiary/aromatic N) is 2. The van der Waals surface area contributed by atoms with Crippen molar-refractivity contribution in [1.82, 2.24) is 15.5 Å². The van der Waals surface area contributed by atoms with Crippen molar-refractivity contribution in [2.24, 2.45) is 0 Å². The Morgan fingerprint density at radius 1 is 1.55 bits per heavy atom. The van der Waals surface area contributed by atoms with Crippen LogP contribution in [-0.2, 0) is 0 Å². The Kier molecular flexibility index (Phi) is 4.20. The number of carbonyl (C=O) groups is 1. The number of halogens is 1. The second-order valence-corrected chi connectivity index (χ2v) is 5.64. The van der Waals surface area contributed by atoms with Gasteiger partial charge in [0.15, 0.2) is 0 Å².